The maximum atomic E-state index is 12.8. The van der Waals surface area contributed by atoms with Gasteiger partial charge in [-0.3, -0.25) is 9.69 Å². The van der Waals surface area contributed by atoms with E-state index < -0.39 is 0 Å². The number of anilines is 2. The number of carbonyl (C=O) groups is 1. The van der Waals surface area contributed by atoms with Gasteiger partial charge in [0.2, 0.25) is 11.9 Å². The predicted molar refractivity (Wildman–Crippen MR) is 134 cm³/mol. The maximum absolute atomic E-state index is 12.8. The fourth-order valence-corrected chi connectivity index (χ4v) is 5.49. The van der Waals surface area contributed by atoms with Crippen molar-refractivity contribution in [3.63, 3.8) is 0 Å². The minimum absolute atomic E-state index is 0.0676. The van der Waals surface area contributed by atoms with E-state index >= 15 is 0 Å². The van der Waals surface area contributed by atoms with E-state index in [-0.39, 0.29) is 18.0 Å². The second-order valence-electron chi connectivity index (χ2n) is 8.98. The number of fused-ring (bicyclic) bond motifs is 1. The fraction of sp³-hybridized carbons (Fsp3) is 0.522. The Morgan fingerprint density at radius 2 is 1.91 bits per heavy atom. The zero-order chi connectivity index (χ0) is 24.4. The Morgan fingerprint density at radius 3 is 2.63 bits per heavy atom. The Balaban J connectivity index is 1.39. The van der Waals surface area contributed by atoms with Gasteiger partial charge in [-0.05, 0) is 18.9 Å². The number of thiophene rings is 1. The predicted octanol–water partition coefficient (Wildman–Crippen LogP) is 0.982. The van der Waals surface area contributed by atoms with Crippen molar-refractivity contribution >= 4 is 39.2 Å². The summed E-state index contributed by atoms with van der Waals surface area (Å²) >= 11 is 1.62. The molecule has 35 heavy (non-hydrogen) atoms. The van der Waals surface area contributed by atoms with E-state index in [2.05, 4.69) is 19.8 Å². The monoisotopic (exact) mass is 498 g/mol. The van der Waals surface area contributed by atoms with Crippen molar-refractivity contribution in [3.8, 4) is 11.4 Å². The van der Waals surface area contributed by atoms with E-state index in [9.17, 15) is 9.90 Å². The number of nitrogen functional groups attached to an aromatic ring is 1. The Labute approximate surface area is 207 Å². The molecule has 2 saturated heterocycles. The van der Waals surface area contributed by atoms with Gasteiger partial charge in [0.1, 0.15) is 0 Å². The highest BCUT2D eigenvalue weighted by Gasteiger charge is 2.23. The molecule has 12 heteroatoms. The molecule has 0 aliphatic carbocycles. The van der Waals surface area contributed by atoms with Crippen LogP contribution in [0.3, 0.4) is 0 Å². The summed E-state index contributed by atoms with van der Waals surface area (Å²) in [6, 6.07) is 2.04. The highest BCUT2D eigenvalue weighted by Crippen LogP contribution is 2.34. The lowest BCUT2D eigenvalue weighted by atomic mass is 10.1. The van der Waals surface area contributed by atoms with E-state index in [0.29, 0.717) is 37.7 Å². The molecule has 1 amide bonds. The summed E-state index contributed by atoms with van der Waals surface area (Å²) in [5.74, 6) is 1.68. The zero-order valence-corrected chi connectivity index (χ0v) is 20.6. The molecule has 0 radical (unpaired) electrons. The lowest BCUT2D eigenvalue weighted by molar-refractivity contribution is -0.132. The highest BCUT2D eigenvalue weighted by atomic mass is 32.1. The number of aliphatic hydroxyl groups excluding tert-OH is 1. The molecule has 2 aliphatic rings. The van der Waals surface area contributed by atoms with Crippen molar-refractivity contribution < 1.29 is 14.6 Å². The van der Waals surface area contributed by atoms with Crippen molar-refractivity contribution in [2.24, 2.45) is 0 Å². The smallest absolute Gasteiger partial charge is 0.236 e. The van der Waals surface area contributed by atoms with Gasteiger partial charge >= 0.3 is 0 Å². The number of rotatable bonds is 6. The fourth-order valence-electron chi connectivity index (χ4n) is 4.33. The summed E-state index contributed by atoms with van der Waals surface area (Å²) in [4.78, 5) is 37.8. The van der Waals surface area contributed by atoms with Crippen LogP contribution < -0.4 is 10.6 Å². The number of aliphatic hydroxyl groups is 1. The first-order valence-electron chi connectivity index (χ1n) is 11.8. The molecular formula is C23H30N8O3S. The van der Waals surface area contributed by atoms with Crippen LogP contribution in [0.4, 0.5) is 11.8 Å². The standard InChI is InChI=1S/C23H30N8O3S/c1-29(19(33)14-30-4-2-16(32)3-5-30)13-17-10-18-20(35-17)22(31-6-8-34-9-7-31)28-21(27-18)15-11-25-23(24)26-12-15/h10-12,16,32H,2-9,13-14H2,1H3,(H2,24,25,26). The van der Waals surface area contributed by atoms with Gasteiger partial charge in [-0.2, -0.15) is 0 Å². The van der Waals surface area contributed by atoms with Crippen LogP contribution in [0.1, 0.15) is 17.7 Å². The Kier molecular flexibility index (Phi) is 7.04. The number of aromatic nitrogens is 4. The number of ether oxygens (including phenoxy) is 1. The van der Waals surface area contributed by atoms with Crippen LogP contribution in [-0.2, 0) is 16.1 Å². The molecule has 0 aromatic carbocycles. The van der Waals surface area contributed by atoms with Gasteiger partial charge in [-0.25, -0.2) is 19.9 Å². The largest absolute Gasteiger partial charge is 0.393 e. The summed E-state index contributed by atoms with van der Waals surface area (Å²) in [5.41, 5.74) is 7.18. The van der Waals surface area contributed by atoms with Crippen LogP contribution in [0.5, 0.6) is 0 Å². The van der Waals surface area contributed by atoms with Crippen LogP contribution in [0.25, 0.3) is 21.6 Å². The third kappa shape index (κ3) is 5.50. The number of nitrogens with two attached hydrogens (primary N) is 1. The molecule has 3 aromatic rings. The Hall–Kier alpha value is -2.93. The van der Waals surface area contributed by atoms with E-state index in [0.717, 1.165) is 59.9 Å². The summed E-state index contributed by atoms with van der Waals surface area (Å²) in [7, 11) is 1.83. The lowest BCUT2D eigenvalue weighted by Crippen LogP contribution is -2.42. The van der Waals surface area contributed by atoms with Crippen molar-refractivity contribution in [3.05, 3.63) is 23.3 Å². The SMILES string of the molecule is CN(Cc1cc2nc(-c3cnc(N)nc3)nc(N3CCOCC3)c2s1)C(=O)CN1CCC(O)CC1. The van der Waals surface area contributed by atoms with E-state index in [4.69, 9.17) is 20.4 Å². The van der Waals surface area contributed by atoms with E-state index in [1.165, 1.54) is 0 Å². The van der Waals surface area contributed by atoms with Crippen molar-refractivity contribution in [2.45, 2.75) is 25.5 Å². The number of carbonyl (C=O) groups excluding carboxylic acids is 1. The topological polar surface area (TPSA) is 134 Å². The van der Waals surface area contributed by atoms with Crippen molar-refractivity contribution in [1.29, 1.82) is 0 Å². The Bertz CT molecular complexity index is 1170. The maximum Gasteiger partial charge on any atom is 0.236 e. The molecule has 3 aromatic heterocycles. The quantitative estimate of drug-likeness (QED) is 0.506. The molecule has 2 fully saturated rings. The normalized spacial score (nSPS) is 17.7. The molecule has 0 atom stereocenters. The minimum atomic E-state index is -0.246. The van der Waals surface area contributed by atoms with Crippen molar-refractivity contribution in [1.82, 2.24) is 29.7 Å². The molecule has 0 unspecified atom stereocenters. The van der Waals surface area contributed by atoms with Crippen LogP contribution in [-0.4, -0.2) is 99.8 Å². The van der Waals surface area contributed by atoms with Crippen LogP contribution in [0.15, 0.2) is 18.5 Å². The second kappa shape index (κ2) is 10.4. The highest BCUT2D eigenvalue weighted by molar-refractivity contribution is 7.19. The van der Waals surface area contributed by atoms with Crippen LogP contribution >= 0.6 is 11.3 Å². The third-order valence-electron chi connectivity index (χ3n) is 6.38. The van der Waals surface area contributed by atoms with Gasteiger partial charge in [0.15, 0.2) is 11.6 Å². The number of piperidine rings is 1. The van der Waals surface area contributed by atoms with Gasteiger partial charge in [-0.15, -0.1) is 11.3 Å². The van der Waals surface area contributed by atoms with Gasteiger partial charge in [0.25, 0.3) is 0 Å². The molecule has 0 saturated carbocycles. The minimum Gasteiger partial charge on any atom is -0.393 e. The molecule has 11 nitrogen and oxygen atoms in total. The summed E-state index contributed by atoms with van der Waals surface area (Å²) in [6.07, 6.45) is 4.46. The average Bonchev–Trinajstić information content (AvgIpc) is 3.28. The van der Waals surface area contributed by atoms with Crippen molar-refractivity contribution in [2.75, 3.05) is 63.6 Å². The van der Waals surface area contributed by atoms with Gasteiger partial charge in [0, 0.05) is 50.5 Å². The first-order chi connectivity index (χ1) is 17.0. The molecule has 5 rings (SSSR count). The first-order valence-corrected chi connectivity index (χ1v) is 12.6. The number of hydrogen-bond acceptors (Lipinski definition) is 11. The zero-order valence-electron chi connectivity index (χ0n) is 19.8. The molecule has 3 N–H and O–H groups in total. The molecular weight excluding hydrogens is 468 g/mol. The molecule has 0 spiro atoms. The second-order valence-corrected chi connectivity index (χ2v) is 10.1. The van der Waals surface area contributed by atoms with Crippen LogP contribution in [0, 0.1) is 0 Å². The summed E-state index contributed by atoms with van der Waals surface area (Å²) < 4.78 is 6.53. The molecule has 5 heterocycles. The molecule has 0 bridgehead atoms. The number of hydrogen-bond donors (Lipinski definition) is 2. The Morgan fingerprint density at radius 1 is 1.20 bits per heavy atom. The number of nitrogens with zero attached hydrogens (tertiary/aromatic N) is 7. The van der Waals surface area contributed by atoms with Gasteiger partial charge in [0.05, 0.1) is 48.2 Å². The number of likely N-dealkylation sites (N-methyl/N-ethyl adjacent to an activating group) is 1. The van der Waals surface area contributed by atoms with Gasteiger partial charge in [-0.1, -0.05) is 0 Å². The summed E-state index contributed by atoms with van der Waals surface area (Å²) in [6.45, 7) is 5.16. The van der Waals surface area contributed by atoms with Gasteiger partial charge < -0.3 is 25.4 Å². The molecule has 186 valence electrons. The lowest BCUT2D eigenvalue weighted by Gasteiger charge is -2.30. The van der Waals surface area contributed by atoms with Crippen LogP contribution in [0.2, 0.25) is 0 Å². The summed E-state index contributed by atoms with van der Waals surface area (Å²) in [5, 5.41) is 9.70. The first kappa shape index (κ1) is 23.8. The molecule has 2 aliphatic heterocycles. The number of amides is 1. The number of morpholine rings is 1. The van der Waals surface area contributed by atoms with E-state index in [1.807, 2.05) is 13.1 Å². The third-order valence-corrected chi connectivity index (χ3v) is 7.49. The average molecular weight is 499 g/mol. The number of likely N-dealkylation sites (tertiary alicyclic amines) is 1. The van der Waals surface area contributed by atoms with E-state index in [1.54, 1.807) is 28.6 Å².